The van der Waals surface area contributed by atoms with Crippen LogP contribution < -0.4 is 0 Å². The zero-order valence-electron chi connectivity index (χ0n) is 11.5. The number of hydrogen-bond donors (Lipinski definition) is 0. The predicted molar refractivity (Wildman–Crippen MR) is 75.2 cm³/mol. The lowest BCUT2D eigenvalue weighted by molar-refractivity contribution is 0.101. The van der Waals surface area contributed by atoms with E-state index in [2.05, 4.69) is 24.0 Å². The minimum atomic E-state index is 0.167. The maximum atomic E-state index is 11.4. The molecule has 1 heterocycles. The summed E-state index contributed by atoms with van der Waals surface area (Å²) in [6.45, 7) is 7.50. The van der Waals surface area contributed by atoms with Gasteiger partial charge in [-0.3, -0.25) is 4.79 Å². The molecular weight excluding hydrogens is 222 g/mol. The molecule has 1 aromatic rings. The number of nitrogens with zero attached hydrogens (tertiary/aromatic N) is 1. The normalized spacial score (nSPS) is 17.9. The van der Waals surface area contributed by atoms with Crippen LogP contribution in [0.5, 0.6) is 0 Å². The second-order valence-corrected chi connectivity index (χ2v) is 5.30. The lowest BCUT2D eigenvalue weighted by Crippen LogP contribution is -2.33. The van der Waals surface area contributed by atoms with Gasteiger partial charge in [0.05, 0.1) is 0 Å². The molecule has 1 aromatic carbocycles. The topological polar surface area (TPSA) is 20.3 Å². The van der Waals surface area contributed by atoms with Crippen LogP contribution in [0.15, 0.2) is 24.3 Å². The third-order valence-corrected chi connectivity index (χ3v) is 3.89. The van der Waals surface area contributed by atoms with Gasteiger partial charge in [-0.2, -0.15) is 0 Å². The van der Waals surface area contributed by atoms with Crippen LogP contribution in [0.1, 0.15) is 54.9 Å². The highest BCUT2D eigenvalue weighted by atomic mass is 16.1. The molecule has 0 unspecified atom stereocenters. The largest absolute Gasteiger partial charge is 0.303 e. The number of Topliss-reactive ketones (excluding diaryl/α,β-unsaturated/α-hetero) is 1. The Labute approximate surface area is 110 Å². The van der Waals surface area contributed by atoms with Gasteiger partial charge in [0.1, 0.15) is 0 Å². The van der Waals surface area contributed by atoms with E-state index in [9.17, 15) is 4.79 Å². The van der Waals surface area contributed by atoms with E-state index in [4.69, 9.17) is 0 Å². The number of hydrogen-bond acceptors (Lipinski definition) is 2. The Kier molecular flexibility index (Phi) is 4.54. The fourth-order valence-electron chi connectivity index (χ4n) is 2.82. The van der Waals surface area contributed by atoms with Crippen LogP contribution >= 0.6 is 0 Å². The summed E-state index contributed by atoms with van der Waals surface area (Å²) < 4.78 is 0. The minimum Gasteiger partial charge on any atom is -0.303 e. The average Bonchev–Trinajstić information content (AvgIpc) is 2.40. The number of likely N-dealkylation sites (tertiary alicyclic amines) is 1. The van der Waals surface area contributed by atoms with E-state index in [1.54, 1.807) is 6.92 Å². The molecule has 1 aliphatic rings. The van der Waals surface area contributed by atoms with Gasteiger partial charge >= 0.3 is 0 Å². The average molecular weight is 245 g/mol. The van der Waals surface area contributed by atoms with E-state index in [0.717, 1.165) is 5.56 Å². The standard InChI is InChI=1S/C16H23NO/c1-3-9-17-10-7-14(8-11-17)16-6-4-5-15(12-16)13(2)18/h4-6,12,14H,3,7-11H2,1-2H3. The molecule has 2 nitrogen and oxygen atoms in total. The monoisotopic (exact) mass is 245 g/mol. The van der Waals surface area contributed by atoms with E-state index >= 15 is 0 Å². The second-order valence-electron chi connectivity index (χ2n) is 5.30. The molecule has 0 saturated carbocycles. The lowest BCUT2D eigenvalue weighted by atomic mass is 9.88. The molecule has 2 heteroatoms. The van der Waals surface area contributed by atoms with E-state index in [1.807, 2.05) is 12.1 Å². The number of benzene rings is 1. The molecule has 0 amide bonds. The fourth-order valence-corrected chi connectivity index (χ4v) is 2.82. The van der Waals surface area contributed by atoms with Crippen molar-refractivity contribution < 1.29 is 4.79 Å². The van der Waals surface area contributed by atoms with Gasteiger partial charge in [0.15, 0.2) is 5.78 Å². The molecule has 0 aromatic heterocycles. The summed E-state index contributed by atoms with van der Waals surface area (Å²) >= 11 is 0. The third-order valence-electron chi connectivity index (χ3n) is 3.89. The quantitative estimate of drug-likeness (QED) is 0.757. The number of piperidine rings is 1. The smallest absolute Gasteiger partial charge is 0.159 e. The summed E-state index contributed by atoms with van der Waals surface area (Å²) in [5.74, 6) is 0.803. The van der Waals surface area contributed by atoms with Crippen molar-refractivity contribution in [2.75, 3.05) is 19.6 Å². The number of ketones is 1. The second kappa shape index (κ2) is 6.14. The van der Waals surface area contributed by atoms with Gasteiger partial charge in [-0.1, -0.05) is 25.1 Å². The summed E-state index contributed by atoms with van der Waals surface area (Å²) in [5, 5.41) is 0. The number of carbonyl (C=O) groups is 1. The first-order chi connectivity index (χ1) is 8.70. The summed E-state index contributed by atoms with van der Waals surface area (Å²) in [6, 6.07) is 8.19. The zero-order valence-corrected chi connectivity index (χ0v) is 11.5. The highest BCUT2D eigenvalue weighted by molar-refractivity contribution is 5.94. The van der Waals surface area contributed by atoms with Crippen LogP contribution in [-0.2, 0) is 0 Å². The van der Waals surface area contributed by atoms with Crippen molar-refractivity contribution in [1.82, 2.24) is 4.90 Å². The van der Waals surface area contributed by atoms with Crippen LogP contribution in [0.4, 0.5) is 0 Å². The Morgan fingerprint density at radius 3 is 2.67 bits per heavy atom. The van der Waals surface area contributed by atoms with Crippen LogP contribution in [0, 0.1) is 0 Å². The van der Waals surface area contributed by atoms with E-state index in [1.165, 1.54) is 44.5 Å². The van der Waals surface area contributed by atoms with Gasteiger partial charge in [-0.15, -0.1) is 0 Å². The van der Waals surface area contributed by atoms with Crippen molar-refractivity contribution in [3.8, 4) is 0 Å². The SMILES string of the molecule is CCCN1CCC(c2cccc(C(C)=O)c2)CC1. The molecule has 0 bridgehead atoms. The van der Waals surface area contributed by atoms with Gasteiger partial charge in [0.25, 0.3) is 0 Å². The Morgan fingerprint density at radius 2 is 2.06 bits per heavy atom. The van der Waals surface area contributed by atoms with Gasteiger partial charge in [0.2, 0.25) is 0 Å². The molecular formula is C16H23NO. The molecule has 2 rings (SSSR count). The highest BCUT2D eigenvalue weighted by Gasteiger charge is 2.20. The maximum Gasteiger partial charge on any atom is 0.159 e. The molecule has 18 heavy (non-hydrogen) atoms. The van der Waals surface area contributed by atoms with Crippen molar-refractivity contribution in [2.45, 2.75) is 39.0 Å². The van der Waals surface area contributed by atoms with Crippen molar-refractivity contribution in [1.29, 1.82) is 0 Å². The summed E-state index contributed by atoms with van der Waals surface area (Å²) in [7, 11) is 0. The van der Waals surface area contributed by atoms with Gasteiger partial charge < -0.3 is 4.90 Å². The summed E-state index contributed by atoms with van der Waals surface area (Å²) in [5.41, 5.74) is 2.20. The molecule has 1 fully saturated rings. The summed E-state index contributed by atoms with van der Waals surface area (Å²) in [4.78, 5) is 14.0. The van der Waals surface area contributed by atoms with E-state index in [0.29, 0.717) is 5.92 Å². The molecule has 98 valence electrons. The highest BCUT2D eigenvalue weighted by Crippen LogP contribution is 2.28. The Morgan fingerprint density at radius 1 is 1.33 bits per heavy atom. The van der Waals surface area contributed by atoms with E-state index in [-0.39, 0.29) is 5.78 Å². The predicted octanol–water partition coefficient (Wildman–Crippen LogP) is 3.48. The van der Waals surface area contributed by atoms with Gasteiger partial charge in [0, 0.05) is 5.56 Å². The van der Waals surface area contributed by atoms with Crippen LogP contribution in [-0.4, -0.2) is 30.3 Å². The molecule has 0 aliphatic carbocycles. The summed E-state index contributed by atoms with van der Waals surface area (Å²) in [6.07, 6.45) is 3.69. The number of carbonyl (C=O) groups excluding carboxylic acids is 1. The molecule has 0 N–H and O–H groups in total. The first-order valence-electron chi connectivity index (χ1n) is 7.04. The number of rotatable bonds is 4. The Bertz CT molecular complexity index is 405. The molecule has 0 radical (unpaired) electrons. The van der Waals surface area contributed by atoms with Crippen molar-refractivity contribution >= 4 is 5.78 Å². The zero-order chi connectivity index (χ0) is 13.0. The van der Waals surface area contributed by atoms with Gasteiger partial charge in [-0.25, -0.2) is 0 Å². The fraction of sp³-hybridized carbons (Fsp3) is 0.562. The molecule has 0 atom stereocenters. The Hall–Kier alpha value is -1.15. The molecule has 1 aliphatic heterocycles. The minimum absolute atomic E-state index is 0.167. The first-order valence-corrected chi connectivity index (χ1v) is 7.04. The van der Waals surface area contributed by atoms with Gasteiger partial charge in [-0.05, 0) is 63.4 Å². The lowest BCUT2D eigenvalue weighted by Gasteiger charge is -2.32. The molecule has 1 saturated heterocycles. The molecule has 0 spiro atoms. The third kappa shape index (κ3) is 3.20. The first kappa shape index (κ1) is 13.3. The Balaban J connectivity index is 2.01. The van der Waals surface area contributed by atoms with E-state index < -0.39 is 0 Å². The van der Waals surface area contributed by atoms with Crippen LogP contribution in [0.2, 0.25) is 0 Å². The van der Waals surface area contributed by atoms with Crippen molar-refractivity contribution in [3.05, 3.63) is 35.4 Å². The maximum absolute atomic E-state index is 11.4. The van der Waals surface area contributed by atoms with Crippen LogP contribution in [0.25, 0.3) is 0 Å². The van der Waals surface area contributed by atoms with Crippen molar-refractivity contribution in [2.24, 2.45) is 0 Å². The van der Waals surface area contributed by atoms with Crippen molar-refractivity contribution in [3.63, 3.8) is 0 Å². The van der Waals surface area contributed by atoms with Crippen LogP contribution in [0.3, 0.4) is 0 Å².